The molecule has 0 aliphatic carbocycles. The third-order valence-electron chi connectivity index (χ3n) is 2.53. The smallest absolute Gasteiger partial charge is 0.0852 e. The van der Waals surface area contributed by atoms with Gasteiger partial charge in [0.15, 0.2) is 0 Å². The quantitative estimate of drug-likeness (QED) is 0.904. The lowest BCUT2D eigenvalue weighted by atomic mass is 10.2. The van der Waals surface area contributed by atoms with Gasteiger partial charge in [0.1, 0.15) is 0 Å². The summed E-state index contributed by atoms with van der Waals surface area (Å²) in [7, 11) is 0. The number of nitrogens with zero attached hydrogens (tertiary/aromatic N) is 3. The Balaban J connectivity index is 2.27. The molecule has 0 aliphatic heterocycles. The molecule has 0 atom stereocenters. The number of rotatable bonds is 4. The van der Waals surface area contributed by atoms with E-state index in [9.17, 15) is 0 Å². The third-order valence-corrected chi connectivity index (χ3v) is 2.85. The van der Waals surface area contributed by atoms with Crippen molar-refractivity contribution < 1.29 is 0 Å². The van der Waals surface area contributed by atoms with Gasteiger partial charge >= 0.3 is 0 Å². The standard InChI is InChI=1S/C12H15ClN4/c1-9-4-5-11(13)12(7-9)17-8-10(15-16-17)3-2-6-14/h4-5,7-8H,2-3,6,14H2,1H3. The van der Waals surface area contributed by atoms with Crippen LogP contribution in [0.5, 0.6) is 0 Å². The molecule has 90 valence electrons. The lowest BCUT2D eigenvalue weighted by Gasteiger charge is -2.03. The Hall–Kier alpha value is -1.39. The van der Waals surface area contributed by atoms with Crippen LogP contribution in [0.2, 0.25) is 5.02 Å². The Labute approximate surface area is 105 Å². The molecule has 0 amide bonds. The van der Waals surface area contributed by atoms with Crippen LogP contribution in [-0.4, -0.2) is 21.5 Å². The van der Waals surface area contributed by atoms with Crippen molar-refractivity contribution in [2.45, 2.75) is 19.8 Å². The van der Waals surface area contributed by atoms with E-state index < -0.39 is 0 Å². The van der Waals surface area contributed by atoms with Gasteiger partial charge in [0.2, 0.25) is 0 Å². The molecule has 1 aromatic carbocycles. The summed E-state index contributed by atoms with van der Waals surface area (Å²) in [6.45, 7) is 2.68. The van der Waals surface area contributed by atoms with Gasteiger partial charge in [-0.05, 0) is 44.0 Å². The van der Waals surface area contributed by atoms with Crippen molar-refractivity contribution in [3.63, 3.8) is 0 Å². The summed E-state index contributed by atoms with van der Waals surface area (Å²) in [6, 6.07) is 5.83. The van der Waals surface area contributed by atoms with E-state index in [-0.39, 0.29) is 0 Å². The van der Waals surface area contributed by atoms with Crippen molar-refractivity contribution >= 4 is 11.6 Å². The molecule has 4 nitrogen and oxygen atoms in total. The van der Waals surface area contributed by atoms with Gasteiger partial charge in [-0.25, -0.2) is 4.68 Å². The van der Waals surface area contributed by atoms with Gasteiger partial charge in [-0.1, -0.05) is 22.9 Å². The molecule has 0 radical (unpaired) electrons. The Bertz CT molecular complexity index is 507. The van der Waals surface area contributed by atoms with Crippen LogP contribution in [0.3, 0.4) is 0 Å². The largest absolute Gasteiger partial charge is 0.330 e. The number of benzene rings is 1. The average Bonchev–Trinajstić information content (AvgIpc) is 2.78. The summed E-state index contributed by atoms with van der Waals surface area (Å²) < 4.78 is 1.71. The predicted molar refractivity (Wildman–Crippen MR) is 68.5 cm³/mol. The van der Waals surface area contributed by atoms with Crippen molar-refractivity contribution in [1.29, 1.82) is 0 Å². The Morgan fingerprint density at radius 1 is 1.41 bits per heavy atom. The van der Waals surface area contributed by atoms with E-state index in [0.717, 1.165) is 29.8 Å². The van der Waals surface area contributed by atoms with Crippen molar-refractivity contribution in [3.05, 3.63) is 40.7 Å². The van der Waals surface area contributed by atoms with Crippen LogP contribution in [0.4, 0.5) is 0 Å². The zero-order chi connectivity index (χ0) is 12.3. The lowest BCUT2D eigenvalue weighted by molar-refractivity contribution is 0.778. The second-order valence-corrected chi connectivity index (χ2v) is 4.41. The van der Waals surface area contributed by atoms with Crippen LogP contribution in [0.15, 0.2) is 24.4 Å². The van der Waals surface area contributed by atoms with E-state index in [4.69, 9.17) is 17.3 Å². The maximum atomic E-state index is 6.14. The third kappa shape index (κ3) is 2.84. The van der Waals surface area contributed by atoms with Crippen molar-refractivity contribution in [3.8, 4) is 5.69 Å². The molecular weight excluding hydrogens is 236 g/mol. The number of nitrogens with two attached hydrogens (primary N) is 1. The van der Waals surface area contributed by atoms with E-state index in [0.29, 0.717) is 11.6 Å². The summed E-state index contributed by atoms with van der Waals surface area (Å²) in [5.41, 5.74) is 8.40. The molecule has 2 rings (SSSR count). The molecule has 0 saturated carbocycles. The second-order valence-electron chi connectivity index (χ2n) is 4.00. The molecule has 0 saturated heterocycles. The van der Waals surface area contributed by atoms with Crippen molar-refractivity contribution in [1.82, 2.24) is 15.0 Å². The molecule has 5 heteroatoms. The first-order chi connectivity index (χ1) is 8.20. The average molecular weight is 251 g/mol. The number of hydrogen-bond donors (Lipinski definition) is 1. The minimum atomic E-state index is 0.665. The Morgan fingerprint density at radius 2 is 2.24 bits per heavy atom. The molecule has 1 aromatic heterocycles. The van der Waals surface area contributed by atoms with Crippen LogP contribution in [0.25, 0.3) is 5.69 Å². The van der Waals surface area contributed by atoms with E-state index in [2.05, 4.69) is 10.3 Å². The molecule has 1 heterocycles. The first-order valence-electron chi connectivity index (χ1n) is 5.58. The van der Waals surface area contributed by atoms with Gasteiger partial charge in [0, 0.05) is 0 Å². The summed E-state index contributed by atoms with van der Waals surface area (Å²) >= 11 is 6.14. The number of aromatic nitrogens is 3. The van der Waals surface area contributed by atoms with Crippen LogP contribution >= 0.6 is 11.6 Å². The minimum absolute atomic E-state index is 0.665. The highest BCUT2D eigenvalue weighted by Crippen LogP contribution is 2.21. The van der Waals surface area contributed by atoms with Gasteiger partial charge < -0.3 is 5.73 Å². The first-order valence-corrected chi connectivity index (χ1v) is 5.96. The highest BCUT2D eigenvalue weighted by molar-refractivity contribution is 6.32. The topological polar surface area (TPSA) is 56.7 Å². The molecule has 17 heavy (non-hydrogen) atoms. The SMILES string of the molecule is Cc1ccc(Cl)c(-n2cc(CCCN)nn2)c1. The summed E-state index contributed by atoms with van der Waals surface area (Å²) in [4.78, 5) is 0. The first kappa shape index (κ1) is 12.1. The summed E-state index contributed by atoms with van der Waals surface area (Å²) in [5.74, 6) is 0. The van der Waals surface area contributed by atoms with Crippen LogP contribution in [0.1, 0.15) is 17.7 Å². The molecule has 0 spiro atoms. The van der Waals surface area contributed by atoms with E-state index in [1.807, 2.05) is 31.3 Å². The molecular formula is C12H15ClN4. The molecule has 0 unspecified atom stereocenters. The van der Waals surface area contributed by atoms with Gasteiger partial charge in [0.25, 0.3) is 0 Å². The normalized spacial score (nSPS) is 10.8. The fourth-order valence-corrected chi connectivity index (χ4v) is 1.82. The maximum Gasteiger partial charge on any atom is 0.0852 e. The summed E-state index contributed by atoms with van der Waals surface area (Å²) in [6.07, 6.45) is 3.66. The molecule has 0 aliphatic rings. The van der Waals surface area contributed by atoms with Crippen LogP contribution in [-0.2, 0) is 6.42 Å². The lowest BCUT2D eigenvalue weighted by Crippen LogP contribution is -2.00. The van der Waals surface area contributed by atoms with E-state index in [1.165, 1.54) is 0 Å². The predicted octanol–water partition coefficient (Wildman–Crippen LogP) is 2.12. The van der Waals surface area contributed by atoms with Gasteiger partial charge in [-0.15, -0.1) is 5.10 Å². The van der Waals surface area contributed by atoms with Gasteiger partial charge in [0.05, 0.1) is 22.6 Å². The monoisotopic (exact) mass is 250 g/mol. The Morgan fingerprint density at radius 3 is 3.00 bits per heavy atom. The molecule has 2 aromatic rings. The van der Waals surface area contributed by atoms with Crippen LogP contribution in [0, 0.1) is 6.92 Å². The van der Waals surface area contributed by atoms with Gasteiger partial charge in [-0.2, -0.15) is 0 Å². The molecule has 2 N–H and O–H groups in total. The fraction of sp³-hybridized carbons (Fsp3) is 0.333. The zero-order valence-corrected chi connectivity index (χ0v) is 10.5. The van der Waals surface area contributed by atoms with Crippen LogP contribution < -0.4 is 5.73 Å². The molecule has 0 bridgehead atoms. The van der Waals surface area contributed by atoms with Crippen molar-refractivity contribution in [2.75, 3.05) is 6.54 Å². The zero-order valence-electron chi connectivity index (χ0n) is 9.73. The maximum absolute atomic E-state index is 6.14. The highest BCUT2D eigenvalue weighted by atomic mass is 35.5. The van der Waals surface area contributed by atoms with E-state index >= 15 is 0 Å². The fourth-order valence-electron chi connectivity index (χ4n) is 1.61. The number of aryl methyl sites for hydroxylation is 2. The number of halogens is 1. The number of hydrogen-bond acceptors (Lipinski definition) is 3. The highest BCUT2D eigenvalue weighted by Gasteiger charge is 2.06. The van der Waals surface area contributed by atoms with Gasteiger partial charge in [-0.3, -0.25) is 0 Å². The second kappa shape index (κ2) is 5.29. The summed E-state index contributed by atoms with van der Waals surface area (Å²) in [5, 5.41) is 8.85. The minimum Gasteiger partial charge on any atom is -0.330 e. The molecule has 0 fully saturated rings. The Kier molecular flexibility index (Phi) is 3.76. The van der Waals surface area contributed by atoms with Crippen molar-refractivity contribution in [2.24, 2.45) is 5.73 Å². The van der Waals surface area contributed by atoms with E-state index in [1.54, 1.807) is 4.68 Å².